The predicted molar refractivity (Wildman–Crippen MR) is 69.8 cm³/mol. The summed E-state index contributed by atoms with van der Waals surface area (Å²) >= 11 is 0. The van der Waals surface area contributed by atoms with E-state index in [9.17, 15) is 9.90 Å². The van der Waals surface area contributed by atoms with Crippen molar-refractivity contribution in [2.24, 2.45) is 5.41 Å². The average Bonchev–Trinajstić information content (AvgIpc) is 2.24. The second-order valence-corrected chi connectivity index (χ2v) is 5.53. The largest absolute Gasteiger partial charge is 0.477 e. The number of rotatable bonds is 5. The number of pyridine rings is 1. The minimum Gasteiger partial charge on any atom is -0.477 e. The monoisotopic (exact) mass is 252 g/mol. The third-order valence-corrected chi connectivity index (χ3v) is 2.37. The molecule has 1 aromatic heterocycles. The molecule has 0 saturated carbocycles. The standard InChI is InChI=1S/C13H20N2O3/c1-13(2,3)7-10(16)8-15-9-4-5-14-11(6-9)12(17)18/h4-6,10,16H,7-8H2,1-3H3,(H,14,15)(H,17,18). The lowest BCUT2D eigenvalue weighted by Crippen LogP contribution is -2.25. The number of aromatic nitrogens is 1. The molecule has 18 heavy (non-hydrogen) atoms. The number of hydrogen-bond donors (Lipinski definition) is 3. The van der Waals surface area contributed by atoms with Gasteiger partial charge in [-0.05, 0) is 24.0 Å². The van der Waals surface area contributed by atoms with Gasteiger partial charge in [-0.2, -0.15) is 0 Å². The van der Waals surface area contributed by atoms with Crippen LogP contribution in [0.25, 0.3) is 0 Å². The smallest absolute Gasteiger partial charge is 0.354 e. The second-order valence-electron chi connectivity index (χ2n) is 5.53. The molecule has 100 valence electrons. The van der Waals surface area contributed by atoms with E-state index in [-0.39, 0.29) is 11.1 Å². The number of anilines is 1. The van der Waals surface area contributed by atoms with E-state index in [1.807, 2.05) is 0 Å². The molecule has 0 amide bonds. The van der Waals surface area contributed by atoms with Crippen molar-refractivity contribution in [2.75, 3.05) is 11.9 Å². The van der Waals surface area contributed by atoms with Gasteiger partial charge in [0, 0.05) is 18.4 Å². The molecule has 1 heterocycles. The highest BCUT2D eigenvalue weighted by molar-refractivity contribution is 5.86. The molecule has 0 radical (unpaired) electrons. The Bertz CT molecular complexity index is 413. The van der Waals surface area contributed by atoms with Crippen LogP contribution in [0.4, 0.5) is 5.69 Å². The van der Waals surface area contributed by atoms with Gasteiger partial charge in [0.05, 0.1) is 6.10 Å². The number of aliphatic hydroxyl groups is 1. The van der Waals surface area contributed by atoms with Gasteiger partial charge in [0.2, 0.25) is 0 Å². The Morgan fingerprint density at radius 1 is 1.50 bits per heavy atom. The Labute approximate surface area is 107 Å². The third-order valence-electron chi connectivity index (χ3n) is 2.37. The van der Waals surface area contributed by atoms with Crippen LogP contribution >= 0.6 is 0 Å². The fourth-order valence-corrected chi connectivity index (χ4v) is 1.67. The van der Waals surface area contributed by atoms with Gasteiger partial charge >= 0.3 is 5.97 Å². The molecular weight excluding hydrogens is 232 g/mol. The van der Waals surface area contributed by atoms with Crippen molar-refractivity contribution >= 4 is 11.7 Å². The highest BCUT2D eigenvalue weighted by atomic mass is 16.4. The fourth-order valence-electron chi connectivity index (χ4n) is 1.67. The Balaban J connectivity index is 2.53. The van der Waals surface area contributed by atoms with Crippen LogP contribution in [0, 0.1) is 5.41 Å². The molecule has 1 aromatic rings. The van der Waals surface area contributed by atoms with Crippen LogP contribution in [-0.2, 0) is 0 Å². The van der Waals surface area contributed by atoms with Gasteiger partial charge in [0.25, 0.3) is 0 Å². The number of carboxylic acid groups (broad SMARTS) is 1. The average molecular weight is 252 g/mol. The lowest BCUT2D eigenvalue weighted by atomic mass is 9.89. The summed E-state index contributed by atoms with van der Waals surface area (Å²) in [6.07, 6.45) is 1.64. The van der Waals surface area contributed by atoms with Gasteiger partial charge in [-0.3, -0.25) is 0 Å². The summed E-state index contributed by atoms with van der Waals surface area (Å²) in [5.41, 5.74) is 0.701. The van der Waals surface area contributed by atoms with Crippen LogP contribution in [0.1, 0.15) is 37.7 Å². The number of aliphatic hydroxyl groups excluding tert-OH is 1. The first-order valence-electron chi connectivity index (χ1n) is 5.89. The first-order valence-corrected chi connectivity index (χ1v) is 5.89. The highest BCUT2D eigenvalue weighted by Crippen LogP contribution is 2.21. The number of carboxylic acids is 1. The van der Waals surface area contributed by atoms with Gasteiger partial charge in [-0.15, -0.1) is 0 Å². The molecular formula is C13H20N2O3. The Kier molecular flexibility index (Phi) is 4.67. The molecule has 0 fully saturated rings. The fraction of sp³-hybridized carbons (Fsp3) is 0.538. The van der Waals surface area contributed by atoms with E-state index in [1.165, 1.54) is 12.3 Å². The van der Waals surface area contributed by atoms with E-state index in [1.54, 1.807) is 6.07 Å². The second kappa shape index (κ2) is 5.82. The zero-order valence-electron chi connectivity index (χ0n) is 11.0. The van der Waals surface area contributed by atoms with Gasteiger partial charge < -0.3 is 15.5 Å². The number of hydrogen-bond acceptors (Lipinski definition) is 4. The molecule has 3 N–H and O–H groups in total. The van der Waals surface area contributed by atoms with E-state index in [0.717, 1.165) is 0 Å². The van der Waals surface area contributed by atoms with Gasteiger partial charge in [-0.25, -0.2) is 9.78 Å². The van der Waals surface area contributed by atoms with E-state index in [2.05, 4.69) is 31.1 Å². The summed E-state index contributed by atoms with van der Waals surface area (Å²) in [5.74, 6) is -1.06. The van der Waals surface area contributed by atoms with E-state index in [4.69, 9.17) is 5.11 Å². The minimum atomic E-state index is -1.06. The zero-order chi connectivity index (χ0) is 13.8. The van der Waals surface area contributed by atoms with Crippen molar-refractivity contribution in [1.82, 2.24) is 4.98 Å². The quantitative estimate of drug-likeness (QED) is 0.746. The van der Waals surface area contributed by atoms with Crippen molar-refractivity contribution in [3.63, 3.8) is 0 Å². The van der Waals surface area contributed by atoms with E-state index >= 15 is 0 Å². The molecule has 0 aliphatic rings. The number of nitrogens with zero attached hydrogens (tertiary/aromatic N) is 1. The first-order chi connectivity index (χ1) is 8.28. The first kappa shape index (κ1) is 14.4. The van der Waals surface area contributed by atoms with Crippen molar-refractivity contribution < 1.29 is 15.0 Å². The van der Waals surface area contributed by atoms with Crippen molar-refractivity contribution in [1.29, 1.82) is 0 Å². The lowest BCUT2D eigenvalue weighted by molar-refractivity contribution is 0.0690. The highest BCUT2D eigenvalue weighted by Gasteiger charge is 2.16. The van der Waals surface area contributed by atoms with Crippen molar-refractivity contribution in [3.05, 3.63) is 24.0 Å². The molecule has 0 bridgehead atoms. The normalized spacial score (nSPS) is 13.1. The SMILES string of the molecule is CC(C)(C)CC(O)CNc1ccnc(C(=O)O)c1. The maximum absolute atomic E-state index is 10.7. The van der Waals surface area contributed by atoms with Crippen LogP contribution in [0.15, 0.2) is 18.3 Å². The van der Waals surface area contributed by atoms with Crippen LogP contribution in [0.5, 0.6) is 0 Å². The molecule has 1 atom stereocenters. The molecule has 0 spiro atoms. The Morgan fingerprint density at radius 2 is 2.17 bits per heavy atom. The molecule has 0 saturated heterocycles. The summed E-state index contributed by atoms with van der Waals surface area (Å²) in [5, 5.41) is 21.6. The van der Waals surface area contributed by atoms with Crippen LogP contribution < -0.4 is 5.32 Å². The van der Waals surface area contributed by atoms with Gasteiger partial charge in [0.1, 0.15) is 5.69 Å². The third kappa shape index (κ3) is 5.14. The van der Waals surface area contributed by atoms with Crippen molar-refractivity contribution in [3.8, 4) is 0 Å². The molecule has 1 rings (SSSR count). The lowest BCUT2D eigenvalue weighted by Gasteiger charge is -2.22. The number of aromatic carboxylic acids is 1. The summed E-state index contributed by atoms with van der Waals surface area (Å²) in [6, 6.07) is 3.13. The van der Waals surface area contributed by atoms with Crippen molar-refractivity contribution in [2.45, 2.75) is 33.3 Å². The minimum absolute atomic E-state index is 0.00897. The maximum atomic E-state index is 10.7. The summed E-state index contributed by atoms with van der Waals surface area (Å²) in [4.78, 5) is 14.5. The molecule has 0 aromatic carbocycles. The Morgan fingerprint density at radius 3 is 2.72 bits per heavy atom. The topological polar surface area (TPSA) is 82.5 Å². The molecule has 5 heteroatoms. The molecule has 0 aliphatic heterocycles. The summed E-state index contributed by atoms with van der Waals surface area (Å²) in [6.45, 7) is 6.57. The van der Waals surface area contributed by atoms with E-state index < -0.39 is 12.1 Å². The maximum Gasteiger partial charge on any atom is 0.354 e. The Hall–Kier alpha value is -1.62. The summed E-state index contributed by atoms with van der Waals surface area (Å²) < 4.78 is 0. The van der Waals surface area contributed by atoms with Gasteiger partial charge in [0.15, 0.2) is 0 Å². The molecule has 0 aliphatic carbocycles. The number of carbonyl (C=O) groups is 1. The van der Waals surface area contributed by atoms with Gasteiger partial charge in [-0.1, -0.05) is 20.8 Å². The predicted octanol–water partition coefficient (Wildman–Crippen LogP) is 1.99. The molecule has 5 nitrogen and oxygen atoms in total. The zero-order valence-corrected chi connectivity index (χ0v) is 11.0. The van der Waals surface area contributed by atoms with Crippen LogP contribution in [0.3, 0.4) is 0 Å². The van der Waals surface area contributed by atoms with E-state index in [0.29, 0.717) is 18.7 Å². The molecule has 1 unspecified atom stereocenters. The van der Waals surface area contributed by atoms with Crippen LogP contribution in [-0.4, -0.2) is 33.8 Å². The number of nitrogens with one attached hydrogen (secondary N) is 1. The van der Waals surface area contributed by atoms with Crippen LogP contribution in [0.2, 0.25) is 0 Å². The summed E-state index contributed by atoms with van der Waals surface area (Å²) in [7, 11) is 0.